The molecular weight excluding hydrogens is 697 g/mol. The van der Waals surface area contributed by atoms with Crippen LogP contribution in [-0.2, 0) is 6.42 Å². The van der Waals surface area contributed by atoms with E-state index in [0.717, 1.165) is 77.6 Å². The third kappa shape index (κ3) is 5.76. The van der Waals surface area contributed by atoms with Crippen LogP contribution in [0.4, 0.5) is 0 Å². The number of furan rings is 1. The molecule has 11 rings (SSSR count). The van der Waals surface area contributed by atoms with Gasteiger partial charge in [-0.15, -0.1) is 0 Å². The Labute approximate surface area is 329 Å². The van der Waals surface area contributed by atoms with Crippen molar-refractivity contribution in [3.63, 3.8) is 0 Å². The maximum Gasteiger partial charge on any atom is 0.163 e. The largest absolute Gasteiger partial charge is 0.455 e. The van der Waals surface area contributed by atoms with E-state index in [0.29, 0.717) is 23.9 Å². The Morgan fingerprint density at radius 1 is 0.404 bits per heavy atom. The Balaban J connectivity index is 1.07. The molecule has 3 heterocycles. The molecule has 0 saturated heterocycles. The monoisotopic (exact) mass is 730 g/mol. The van der Waals surface area contributed by atoms with E-state index in [-0.39, 0.29) is 0 Å². The van der Waals surface area contributed by atoms with Gasteiger partial charge in [0.1, 0.15) is 17.0 Å². The molecule has 0 fully saturated rings. The molecule has 0 aliphatic heterocycles. The smallest absolute Gasteiger partial charge is 0.163 e. The van der Waals surface area contributed by atoms with Gasteiger partial charge in [0.05, 0.1) is 11.0 Å². The summed E-state index contributed by atoms with van der Waals surface area (Å²) in [4.78, 5) is 15.3. The van der Waals surface area contributed by atoms with Crippen molar-refractivity contribution in [2.24, 2.45) is 0 Å². The summed E-state index contributed by atoms with van der Waals surface area (Å²) in [5, 5.41) is 4.63. The van der Waals surface area contributed by atoms with Gasteiger partial charge in [-0.25, -0.2) is 15.0 Å². The average Bonchev–Trinajstić information content (AvgIpc) is 3.83. The van der Waals surface area contributed by atoms with Gasteiger partial charge in [-0.05, 0) is 52.6 Å². The molecule has 0 unspecified atom stereocenters. The van der Waals surface area contributed by atoms with E-state index in [4.69, 9.17) is 19.4 Å². The quantitative estimate of drug-likeness (QED) is 0.164. The van der Waals surface area contributed by atoms with Crippen LogP contribution in [0.3, 0.4) is 0 Å². The molecule has 11 aromatic rings. The summed E-state index contributed by atoms with van der Waals surface area (Å²) in [7, 11) is 0. The molecule has 5 nitrogen and oxygen atoms in total. The van der Waals surface area contributed by atoms with Crippen molar-refractivity contribution >= 4 is 43.7 Å². The van der Waals surface area contributed by atoms with Crippen LogP contribution in [-0.4, -0.2) is 19.5 Å². The van der Waals surface area contributed by atoms with Crippen molar-refractivity contribution in [1.82, 2.24) is 19.5 Å². The van der Waals surface area contributed by atoms with Crippen LogP contribution < -0.4 is 0 Å². The normalized spacial score (nSPS) is 11.6. The third-order valence-corrected chi connectivity index (χ3v) is 10.9. The zero-order chi connectivity index (χ0) is 37.7. The molecular formula is C52H34N4O. The third-order valence-electron chi connectivity index (χ3n) is 10.9. The van der Waals surface area contributed by atoms with Gasteiger partial charge in [-0.1, -0.05) is 164 Å². The maximum absolute atomic E-state index is 6.50. The van der Waals surface area contributed by atoms with Gasteiger partial charge in [0.25, 0.3) is 0 Å². The molecule has 0 N–H and O–H groups in total. The molecule has 0 radical (unpaired) electrons. The summed E-state index contributed by atoms with van der Waals surface area (Å²) >= 11 is 0. The highest BCUT2D eigenvalue weighted by atomic mass is 16.3. The number of nitrogens with zero attached hydrogens (tertiary/aromatic N) is 4. The molecule has 3 aromatic heterocycles. The fourth-order valence-corrected chi connectivity index (χ4v) is 8.23. The Kier molecular flexibility index (Phi) is 7.81. The summed E-state index contributed by atoms with van der Waals surface area (Å²) in [6, 6.07) is 67.8. The van der Waals surface area contributed by atoms with Crippen LogP contribution in [0.25, 0.3) is 94.5 Å². The van der Waals surface area contributed by atoms with E-state index in [1.807, 2.05) is 36.4 Å². The van der Waals surface area contributed by atoms with Gasteiger partial charge in [0, 0.05) is 50.3 Å². The minimum Gasteiger partial charge on any atom is -0.455 e. The molecule has 0 aliphatic rings. The van der Waals surface area contributed by atoms with Gasteiger partial charge in [-0.3, -0.25) is 0 Å². The molecule has 0 spiro atoms. The zero-order valence-electron chi connectivity index (χ0n) is 30.9. The minimum atomic E-state index is 0.510. The van der Waals surface area contributed by atoms with E-state index < -0.39 is 0 Å². The average molecular weight is 731 g/mol. The summed E-state index contributed by atoms with van der Waals surface area (Å²) in [5.41, 5.74) is 12.6. The van der Waals surface area contributed by atoms with Gasteiger partial charge >= 0.3 is 0 Å². The molecule has 0 amide bonds. The Morgan fingerprint density at radius 2 is 1.04 bits per heavy atom. The molecule has 0 bridgehead atoms. The second-order valence-corrected chi connectivity index (χ2v) is 14.4. The SMILES string of the molecule is c1ccc(-c2cccc(-c3nc(Cc4ccccc4-n4c5ccccc5c5ccc(-c6cccc7c6oc6ccccc67)cc54)nc(-c4ccccc4)n3)c2)cc1. The number of hydrogen-bond donors (Lipinski definition) is 0. The van der Waals surface area contributed by atoms with Gasteiger partial charge in [0.15, 0.2) is 11.6 Å². The molecule has 8 aromatic carbocycles. The molecule has 0 aliphatic carbocycles. The minimum absolute atomic E-state index is 0.510. The van der Waals surface area contributed by atoms with Crippen LogP contribution in [0.15, 0.2) is 199 Å². The van der Waals surface area contributed by atoms with Crippen LogP contribution >= 0.6 is 0 Å². The van der Waals surface area contributed by atoms with Gasteiger partial charge in [0.2, 0.25) is 0 Å². The Bertz CT molecular complexity index is 3270. The van der Waals surface area contributed by atoms with Gasteiger partial charge in [-0.2, -0.15) is 0 Å². The highest BCUT2D eigenvalue weighted by Crippen LogP contribution is 2.40. The zero-order valence-corrected chi connectivity index (χ0v) is 30.9. The first kappa shape index (κ1) is 32.8. The van der Waals surface area contributed by atoms with E-state index in [1.54, 1.807) is 0 Å². The molecule has 5 heteroatoms. The van der Waals surface area contributed by atoms with Crippen LogP contribution in [0.5, 0.6) is 0 Å². The highest BCUT2D eigenvalue weighted by Gasteiger charge is 2.19. The number of aromatic nitrogens is 4. The Morgan fingerprint density at radius 3 is 1.89 bits per heavy atom. The first-order valence-corrected chi connectivity index (χ1v) is 19.2. The van der Waals surface area contributed by atoms with Crippen molar-refractivity contribution in [3.8, 4) is 50.7 Å². The van der Waals surface area contributed by atoms with Gasteiger partial charge < -0.3 is 8.98 Å². The van der Waals surface area contributed by atoms with Crippen LogP contribution in [0, 0.1) is 0 Å². The predicted octanol–water partition coefficient (Wildman–Crippen LogP) is 13.1. The van der Waals surface area contributed by atoms with Crippen molar-refractivity contribution in [1.29, 1.82) is 0 Å². The number of para-hydroxylation sites is 4. The lowest BCUT2D eigenvalue weighted by Gasteiger charge is -2.15. The second-order valence-electron chi connectivity index (χ2n) is 14.4. The number of fused-ring (bicyclic) bond motifs is 6. The van der Waals surface area contributed by atoms with Crippen molar-refractivity contribution in [2.75, 3.05) is 0 Å². The first-order valence-electron chi connectivity index (χ1n) is 19.2. The van der Waals surface area contributed by atoms with Crippen molar-refractivity contribution in [2.45, 2.75) is 6.42 Å². The number of benzene rings is 8. The standard InChI is InChI=1S/C52H34N4O/c1-3-15-34(16-4-1)36-20-13-21-39(31-36)52-54-49(53-51(55-52)35-17-5-2-6-18-35)33-38-19-7-10-26-45(38)56-46-27-11-8-22-41(46)42-30-29-37(32-47(42)56)40-24-14-25-44-43-23-9-12-28-48(43)57-50(40)44/h1-32H,33H2. The van der Waals surface area contributed by atoms with Crippen molar-refractivity contribution in [3.05, 3.63) is 206 Å². The lowest BCUT2D eigenvalue weighted by Crippen LogP contribution is -2.06. The second kappa shape index (κ2) is 13.6. The van der Waals surface area contributed by atoms with Crippen LogP contribution in [0.1, 0.15) is 11.4 Å². The Hall–Kier alpha value is -7.63. The van der Waals surface area contributed by atoms with Crippen molar-refractivity contribution < 1.29 is 4.42 Å². The number of rotatable bonds is 7. The van der Waals surface area contributed by atoms with Crippen LogP contribution in [0.2, 0.25) is 0 Å². The lowest BCUT2D eigenvalue weighted by atomic mass is 10.0. The summed E-state index contributed by atoms with van der Waals surface area (Å²) in [5.74, 6) is 2.00. The molecule has 268 valence electrons. The topological polar surface area (TPSA) is 56.7 Å². The fraction of sp³-hybridized carbons (Fsp3) is 0.0192. The molecule has 0 saturated carbocycles. The highest BCUT2D eigenvalue weighted by molar-refractivity contribution is 6.13. The number of hydrogen-bond acceptors (Lipinski definition) is 4. The van der Waals surface area contributed by atoms with E-state index in [9.17, 15) is 0 Å². The summed E-state index contributed by atoms with van der Waals surface area (Å²) in [6.45, 7) is 0. The predicted molar refractivity (Wildman–Crippen MR) is 232 cm³/mol. The van der Waals surface area contributed by atoms with E-state index in [2.05, 4.69) is 162 Å². The fourth-order valence-electron chi connectivity index (χ4n) is 8.23. The summed E-state index contributed by atoms with van der Waals surface area (Å²) in [6.07, 6.45) is 0.510. The first-order chi connectivity index (χ1) is 28.2. The lowest BCUT2D eigenvalue weighted by molar-refractivity contribution is 0.670. The summed E-state index contributed by atoms with van der Waals surface area (Å²) < 4.78 is 8.89. The van der Waals surface area contributed by atoms with E-state index in [1.165, 1.54) is 10.8 Å². The molecule has 0 atom stereocenters. The maximum atomic E-state index is 6.50. The molecule has 57 heavy (non-hydrogen) atoms. The van der Waals surface area contributed by atoms with E-state index >= 15 is 0 Å².